The summed E-state index contributed by atoms with van der Waals surface area (Å²) in [7, 11) is 1.61. The third-order valence-electron chi connectivity index (χ3n) is 5.71. The number of thioether (sulfide) groups is 1. The van der Waals surface area contributed by atoms with E-state index < -0.39 is 0 Å². The fraction of sp³-hybridized carbons (Fsp3) is 0.154. The number of benzene rings is 3. The summed E-state index contributed by atoms with van der Waals surface area (Å²) in [5.41, 5.74) is 3.03. The van der Waals surface area contributed by atoms with Crippen LogP contribution in [0, 0.1) is 0 Å². The van der Waals surface area contributed by atoms with E-state index in [1.54, 1.807) is 37.1 Å². The van der Waals surface area contributed by atoms with Gasteiger partial charge in [-0.25, -0.2) is 0 Å². The monoisotopic (exact) mass is 444 g/mol. The highest BCUT2D eigenvalue weighted by Gasteiger charge is 2.38. The van der Waals surface area contributed by atoms with Crippen molar-refractivity contribution in [3.63, 3.8) is 0 Å². The van der Waals surface area contributed by atoms with E-state index in [9.17, 15) is 9.59 Å². The first-order chi connectivity index (χ1) is 15.6. The average molecular weight is 445 g/mol. The topological polar surface area (TPSA) is 61.8 Å². The zero-order valence-electron chi connectivity index (χ0n) is 17.6. The van der Waals surface area contributed by atoms with Crippen LogP contribution in [-0.2, 0) is 4.79 Å². The minimum Gasteiger partial charge on any atom is -0.497 e. The number of hydrogen-bond donors (Lipinski definition) is 0. The van der Waals surface area contributed by atoms with Crippen molar-refractivity contribution in [1.29, 1.82) is 0 Å². The molecule has 1 atom stereocenters. The van der Waals surface area contributed by atoms with Gasteiger partial charge in [-0.1, -0.05) is 24.3 Å². The zero-order chi connectivity index (χ0) is 22.2. The molecule has 0 saturated carbocycles. The largest absolute Gasteiger partial charge is 0.497 e. The molecular formula is C26H20O5S. The SMILES string of the molecule is COc1ccc(C=C2Oc3c(ccc4c3C(c3ccc(SC)cc3)CC(=O)O4)C2=O)cc1. The second-order valence-electron chi connectivity index (χ2n) is 7.57. The van der Waals surface area contributed by atoms with E-state index in [2.05, 4.69) is 0 Å². The average Bonchev–Trinajstić information content (AvgIpc) is 3.14. The van der Waals surface area contributed by atoms with Crippen molar-refractivity contribution in [2.24, 2.45) is 0 Å². The fourth-order valence-electron chi connectivity index (χ4n) is 4.08. The Balaban J connectivity index is 1.56. The van der Waals surface area contributed by atoms with Crippen molar-refractivity contribution < 1.29 is 23.8 Å². The number of carbonyl (C=O) groups is 2. The Morgan fingerprint density at radius 2 is 1.72 bits per heavy atom. The summed E-state index contributed by atoms with van der Waals surface area (Å²) >= 11 is 1.66. The van der Waals surface area contributed by atoms with Crippen LogP contribution in [0.15, 0.2) is 71.3 Å². The van der Waals surface area contributed by atoms with Crippen molar-refractivity contribution in [2.45, 2.75) is 17.2 Å². The molecule has 2 aliphatic heterocycles. The van der Waals surface area contributed by atoms with Gasteiger partial charge in [0.25, 0.3) is 0 Å². The summed E-state index contributed by atoms with van der Waals surface area (Å²) in [4.78, 5) is 26.5. The number of ether oxygens (including phenoxy) is 3. The number of hydrogen-bond acceptors (Lipinski definition) is 6. The number of rotatable bonds is 4. The van der Waals surface area contributed by atoms with Gasteiger partial charge in [0, 0.05) is 16.4 Å². The van der Waals surface area contributed by atoms with E-state index in [-0.39, 0.29) is 29.9 Å². The van der Waals surface area contributed by atoms with E-state index in [0.717, 1.165) is 27.3 Å². The lowest BCUT2D eigenvalue weighted by Gasteiger charge is -2.26. The molecule has 1 unspecified atom stereocenters. The van der Waals surface area contributed by atoms with Crippen molar-refractivity contribution in [3.8, 4) is 17.2 Å². The van der Waals surface area contributed by atoms with Gasteiger partial charge in [0.1, 0.15) is 17.2 Å². The standard InChI is InChI=1S/C26H20O5S/c1-29-17-7-3-15(4-8-17)13-22-25(28)19-11-12-21-24(26(19)31-22)20(14-23(27)30-21)16-5-9-18(32-2)10-6-16/h3-13,20H,14H2,1-2H3. The molecule has 0 amide bonds. The normalized spacial score (nSPS) is 18.1. The quantitative estimate of drug-likeness (QED) is 0.230. The summed E-state index contributed by atoms with van der Waals surface area (Å²) < 4.78 is 16.8. The molecule has 0 radical (unpaired) electrons. The highest BCUT2D eigenvalue weighted by atomic mass is 32.2. The molecule has 5 rings (SSSR count). The van der Waals surface area contributed by atoms with Gasteiger partial charge in [-0.2, -0.15) is 0 Å². The van der Waals surface area contributed by atoms with Crippen LogP contribution in [0.5, 0.6) is 17.2 Å². The molecule has 0 saturated heterocycles. The van der Waals surface area contributed by atoms with Crippen LogP contribution < -0.4 is 14.2 Å². The number of ketones is 1. The molecule has 0 fully saturated rings. The maximum Gasteiger partial charge on any atom is 0.312 e. The Morgan fingerprint density at radius 1 is 0.969 bits per heavy atom. The van der Waals surface area contributed by atoms with Crippen LogP contribution in [0.1, 0.15) is 39.4 Å². The Kier molecular flexibility index (Phi) is 5.23. The molecule has 160 valence electrons. The number of Topliss-reactive ketones (excluding diaryl/α,β-unsaturated/α-hetero) is 1. The number of methoxy groups -OCH3 is 1. The van der Waals surface area contributed by atoms with Crippen molar-refractivity contribution in [2.75, 3.05) is 13.4 Å². The molecule has 5 nitrogen and oxygen atoms in total. The van der Waals surface area contributed by atoms with Crippen LogP contribution >= 0.6 is 11.8 Å². The first kappa shape index (κ1) is 20.4. The summed E-state index contributed by atoms with van der Waals surface area (Å²) in [6.07, 6.45) is 3.92. The van der Waals surface area contributed by atoms with Crippen LogP contribution in [0.3, 0.4) is 0 Å². The summed E-state index contributed by atoms with van der Waals surface area (Å²) in [6.45, 7) is 0. The lowest BCUT2D eigenvalue weighted by Crippen LogP contribution is -2.21. The van der Waals surface area contributed by atoms with Gasteiger partial charge in [-0.05, 0) is 59.9 Å². The molecule has 3 aromatic carbocycles. The molecule has 32 heavy (non-hydrogen) atoms. The second-order valence-corrected chi connectivity index (χ2v) is 8.45. The molecule has 2 heterocycles. The highest BCUT2D eigenvalue weighted by molar-refractivity contribution is 7.98. The van der Waals surface area contributed by atoms with Crippen LogP contribution in [0.25, 0.3) is 6.08 Å². The highest BCUT2D eigenvalue weighted by Crippen LogP contribution is 2.49. The molecule has 0 aromatic heterocycles. The minimum atomic E-state index is -0.297. The van der Waals surface area contributed by atoms with Gasteiger partial charge in [0.05, 0.1) is 19.1 Å². The van der Waals surface area contributed by atoms with Gasteiger partial charge in [0.2, 0.25) is 5.78 Å². The summed E-state index contributed by atoms with van der Waals surface area (Å²) in [6, 6.07) is 18.8. The predicted octanol–water partition coefficient (Wildman–Crippen LogP) is 5.47. The molecule has 0 bridgehead atoms. The van der Waals surface area contributed by atoms with Crippen molar-refractivity contribution in [1.82, 2.24) is 0 Å². The van der Waals surface area contributed by atoms with E-state index in [0.29, 0.717) is 17.1 Å². The molecule has 0 spiro atoms. The van der Waals surface area contributed by atoms with Crippen LogP contribution in [0.4, 0.5) is 0 Å². The second kappa shape index (κ2) is 8.20. The zero-order valence-corrected chi connectivity index (χ0v) is 18.4. The van der Waals surface area contributed by atoms with Crippen LogP contribution in [0.2, 0.25) is 0 Å². The molecule has 0 N–H and O–H groups in total. The van der Waals surface area contributed by atoms with E-state index in [1.807, 2.05) is 54.8 Å². The van der Waals surface area contributed by atoms with Gasteiger partial charge < -0.3 is 14.2 Å². The number of esters is 1. The first-order valence-electron chi connectivity index (χ1n) is 10.2. The van der Waals surface area contributed by atoms with Gasteiger partial charge in [-0.15, -0.1) is 11.8 Å². The molecule has 3 aromatic rings. The van der Waals surface area contributed by atoms with Crippen LogP contribution in [-0.4, -0.2) is 25.1 Å². The van der Waals surface area contributed by atoms with Crippen molar-refractivity contribution >= 4 is 29.6 Å². The Bertz CT molecular complexity index is 1240. The molecular weight excluding hydrogens is 424 g/mol. The van der Waals surface area contributed by atoms with Crippen molar-refractivity contribution in [3.05, 3.63) is 88.7 Å². The first-order valence-corrected chi connectivity index (χ1v) is 11.4. The molecule has 6 heteroatoms. The maximum atomic E-state index is 13.1. The molecule has 0 aliphatic carbocycles. The Labute approximate surface area is 190 Å². The van der Waals surface area contributed by atoms with E-state index in [1.165, 1.54) is 0 Å². The Morgan fingerprint density at radius 3 is 2.41 bits per heavy atom. The fourth-order valence-corrected chi connectivity index (χ4v) is 4.49. The van der Waals surface area contributed by atoms with Gasteiger partial charge >= 0.3 is 5.97 Å². The Hall–Kier alpha value is -3.51. The van der Waals surface area contributed by atoms with E-state index >= 15 is 0 Å². The number of carbonyl (C=O) groups excluding carboxylic acids is 2. The number of allylic oxidation sites excluding steroid dienone is 1. The third-order valence-corrected chi connectivity index (χ3v) is 6.45. The predicted molar refractivity (Wildman–Crippen MR) is 123 cm³/mol. The van der Waals surface area contributed by atoms with Gasteiger partial charge in [0.15, 0.2) is 5.76 Å². The smallest absolute Gasteiger partial charge is 0.312 e. The maximum absolute atomic E-state index is 13.1. The van der Waals surface area contributed by atoms with Gasteiger partial charge in [-0.3, -0.25) is 9.59 Å². The summed E-state index contributed by atoms with van der Waals surface area (Å²) in [5.74, 6) is 1.16. The third kappa shape index (κ3) is 3.56. The minimum absolute atomic E-state index is 0.188. The van der Waals surface area contributed by atoms with E-state index in [4.69, 9.17) is 14.2 Å². The molecule has 2 aliphatic rings. The number of fused-ring (bicyclic) bond motifs is 3. The summed E-state index contributed by atoms with van der Waals surface area (Å²) in [5, 5.41) is 0. The lowest BCUT2D eigenvalue weighted by atomic mass is 9.85. The lowest BCUT2D eigenvalue weighted by molar-refractivity contribution is -0.135.